The molecule has 0 unspecified atom stereocenters. The van der Waals surface area contributed by atoms with E-state index in [4.69, 9.17) is 0 Å². The highest BCUT2D eigenvalue weighted by Gasteiger charge is 2.10. The van der Waals surface area contributed by atoms with Crippen molar-refractivity contribution in [2.45, 2.75) is 25.7 Å². The van der Waals surface area contributed by atoms with Gasteiger partial charge in [0.2, 0.25) is 5.91 Å². The lowest BCUT2D eigenvalue weighted by atomic mass is 10.1. The highest BCUT2D eigenvalue weighted by Crippen LogP contribution is 2.12. The van der Waals surface area contributed by atoms with Crippen molar-refractivity contribution in [3.05, 3.63) is 29.8 Å². The summed E-state index contributed by atoms with van der Waals surface area (Å²) < 4.78 is 0. The van der Waals surface area contributed by atoms with Crippen molar-refractivity contribution in [3.63, 3.8) is 0 Å². The smallest absolute Gasteiger partial charge is 0.225 e. The molecule has 1 amide bonds. The van der Waals surface area contributed by atoms with Crippen LogP contribution in [-0.2, 0) is 11.2 Å². The summed E-state index contributed by atoms with van der Waals surface area (Å²) in [7, 11) is 1.85. The van der Waals surface area contributed by atoms with Gasteiger partial charge in [0.15, 0.2) is 0 Å². The van der Waals surface area contributed by atoms with Gasteiger partial charge in [-0.3, -0.25) is 4.79 Å². The quantitative estimate of drug-likeness (QED) is 0.798. The van der Waals surface area contributed by atoms with Crippen LogP contribution in [0.15, 0.2) is 24.3 Å². The molecule has 4 nitrogen and oxygen atoms in total. The molecule has 1 aliphatic rings. The van der Waals surface area contributed by atoms with Gasteiger partial charge in [-0.05, 0) is 57.1 Å². The van der Waals surface area contributed by atoms with Gasteiger partial charge in [-0.1, -0.05) is 12.1 Å². The van der Waals surface area contributed by atoms with Gasteiger partial charge >= 0.3 is 0 Å². The number of carbonyl (C=O) groups excluding carboxylic acids is 1. The first-order valence-electron chi connectivity index (χ1n) is 7.53. The van der Waals surface area contributed by atoms with Crippen LogP contribution < -0.4 is 10.6 Å². The van der Waals surface area contributed by atoms with Crippen molar-refractivity contribution in [2.75, 3.05) is 38.5 Å². The molecule has 2 N–H and O–H groups in total. The molecule has 1 heterocycles. The molecule has 1 fully saturated rings. The molecule has 20 heavy (non-hydrogen) atoms. The van der Waals surface area contributed by atoms with Crippen LogP contribution in [0.25, 0.3) is 0 Å². The Balaban J connectivity index is 1.75. The summed E-state index contributed by atoms with van der Waals surface area (Å²) in [6.07, 6.45) is 4.29. The van der Waals surface area contributed by atoms with Crippen molar-refractivity contribution >= 4 is 11.6 Å². The lowest BCUT2D eigenvalue weighted by Gasteiger charge is -2.14. The second-order valence-electron chi connectivity index (χ2n) is 5.40. The van der Waals surface area contributed by atoms with Crippen molar-refractivity contribution in [1.29, 1.82) is 0 Å². The summed E-state index contributed by atoms with van der Waals surface area (Å²) in [5.74, 6) is 0.0594. The number of anilines is 1. The monoisotopic (exact) mass is 275 g/mol. The molecule has 0 aromatic heterocycles. The SMILES string of the molecule is CNCCC(=O)Nc1ccc(CCN2CCCC2)cc1. The van der Waals surface area contributed by atoms with Crippen LogP contribution in [0.2, 0.25) is 0 Å². The highest BCUT2D eigenvalue weighted by molar-refractivity contribution is 5.90. The number of nitrogens with zero attached hydrogens (tertiary/aromatic N) is 1. The number of hydrogen-bond acceptors (Lipinski definition) is 3. The van der Waals surface area contributed by atoms with Crippen LogP contribution in [0.1, 0.15) is 24.8 Å². The summed E-state index contributed by atoms with van der Waals surface area (Å²) in [5, 5.41) is 5.88. The predicted molar refractivity (Wildman–Crippen MR) is 83.0 cm³/mol. The Hall–Kier alpha value is -1.39. The molecular formula is C16H25N3O. The zero-order valence-electron chi connectivity index (χ0n) is 12.3. The van der Waals surface area contributed by atoms with Crippen LogP contribution in [-0.4, -0.2) is 44.0 Å². The van der Waals surface area contributed by atoms with E-state index < -0.39 is 0 Å². The van der Waals surface area contributed by atoms with Crippen LogP contribution in [0.5, 0.6) is 0 Å². The number of nitrogens with one attached hydrogen (secondary N) is 2. The molecule has 2 rings (SSSR count). The van der Waals surface area contributed by atoms with Gasteiger partial charge < -0.3 is 15.5 Å². The molecule has 110 valence electrons. The molecule has 4 heteroatoms. The third-order valence-electron chi connectivity index (χ3n) is 3.76. The summed E-state index contributed by atoms with van der Waals surface area (Å²) in [6, 6.07) is 8.22. The number of likely N-dealkylation sites (tertiary alicyclic amines) is 1. The average molecular weight is 275 g/mol. The van der Waals surface area contributed by atoms with E-state index in [9.17, 15) is 4.79 Å². The number of hydrogen-bond donors (Lipinski definition) is 2. The molecule has 0 radical (unpaired) electrons. The predicted octanol–water partition coefficient (Wildman–Crippen LogP) is 1.87. The van der Waals surface area contributed by atoms with Gasteiger partial charge in [0.25, 0.3) is 0 Å². The van der Waals surface area contributed by atoms with E-state index in [0.717, 1.165) is 18.7 Å². The van der Waals surface area contributed by atoms with E-state index >= 15 is 0 Å². The van der Waals surface area contributed by atoms with Crippen LogP contribution >= 0.6 is 0 Å². The molecule has 0 atom stereocenters. The second kappa shape index (κ2) is 8.02. The van der Waals surface area contributed by atoms with E-state index in [1.807, 2.05) is 19.2 Å². The maximum absolute atomic E-state index is 11.6. The zero-order valence-corrected chi connectivity index (χ0v) is 12.3. The fraction of sp³-hybridized carbons (Fsp3) is 0.562. The van der Waals surface area contributed by atoms with Gasteiger partial charge in [0.1, 0.15) is 0 Å². The largest absolute Gasteiger partial charge is 0.326 e. The molecule has 0 saturated carbocycles. The Morgan fingerprint density at radius 2 is 1.90 bits per heavy atom. The second-order valence-corrected chi connectivity index (χ2v) is 5.40. The third kappa shape index (κ3) is 4.94. The van der Waals surface area contributed by atoms with Crippen molar-refractivity contribution in [1.82, 2.24) is 10.2 Å². The van der Waals surface area contributed by atoms with Crippen LogP contribution in [0, 0.1) is 0 Å². The fourth-order valence-electron chi connectivity index (χ4n) is 2.51. The third-order valence-corrected chi connectivity index (χ3v) is 3.76. The van der Waals surface area contributed by atoms with Gasteiger partial charge in [-0.15, -0.1) is 0 Å². The molecule has 0 bridgehead atoms. The van der Waals surface area contributed by atoms with E-state index in [-0.39, 0.29) is 5.91 Å². The first-order valence-corrected chi connectivity index (χ1v) is 7.53. The number of carbonyl (C=O) groups is 1. The summed E-state index contributed by atoms with van der Waals surface area (Å²) in [4.78, 5) is 14.1. The molecular weight excluding hydrogens is 250 g/mol. The zero-order chi connectivity index (χ0) is 14.2. The molecule has 1 aromatic rings. The molecule has 1 aromatic carbocycles. The minimum absolute atomic E-state index is 0.0594. The standard InChI is InChI=1S/C16H25N3O/c1-17-10-8-16(20)18-15-6-4-14(5-7-15)9-13-19-11-2-3-12-19/h4-7,17H,2-3,8-13H2,1H3,(H,18,20). The van der Waals surface area contributed by atoms with E-state index in [0.29, 0.717) is 13.0 Å². The maximum Gasteiger partial charge on any atom is 0.225 e. The highest BCUT2D eigenvalue weighted by atomic mass is 16.1. The maximum atomic E-state index is 11.6. The van der Waals surface area contributed by atoms with Crippen molar-refractivity contribution in [3.8, 4) is 0 Å². The number of rotatable bonds is 7. The summed E-state index contributed by atoms with van der Waals surface area (Å²) in [6.45, 7) is 4.35. The van der Waals surface area contributed by atoms with Crippen LogP contribution in [0.3, 0.4) is 0 Å². The first-order chi connectivity index (χ1) is 9.78. The first kappa shape index (κ1) is 15.0. The minimum Gasteiger partial charge on any atom is -0.326 e. The topological polar surface area (TPSA) is 44.4 Å². The van der Waals surface area contributed by atoms with E-state index in [1.54, 1.807) is 0 Å². The molecule has 1 saturated heterocycles. The summed E-state index contributed by atoms with van der Waals surface area (Å²) >= 11 is 0. The fourth-order valence-corrected chi connectivity index (χ4v) is 2.51. The Morgan fingerprint density at radius 3 is 2.55 bits per heavy atom. The molecule has 0 spiro atoms. The van der Waals surface area contributed by atoms with Gasteiger partial charge in [-0.2, -0.15) is 0 Å². The van der Waals surface area contributed by atoms with Crippen LogP contribution in [0.4, 0.5) is 5.69 Å². The lowest BCUT2D eigenvalue weighted by Crippen LogP contribution is -2.22. The van der Waals surface area contributed by atoms with Crippen molar-refractivity contribution in [2.24, 2.45) is 0 Å². The van der Waals surface area contributed by atoms with E-state index in [1.165, 1.54) is 31.5 Å². The Labute approximate surface area is 121 Å². The lowest BCUT2D eigenvalue weighted by molar-refractivity contribution is -0.116. The number of benzene rings is 1. The Kier molecular flexibility index (Phi) is 6.02. The van der Waals surface area contributed by atoms with Gasteiger partial charge in [0.05, 0.1) is 0 Å². The van der Waals surface area contributed by atoms with E-state index in [2.05, 4.69) is 27.7 Å². The average Bonchev–Trinajstić information content (AvgIpc) is 2.98. The molecule has 0 aliphatic carbocycles. The summed E-state index contributed by atoms with van der Waals surface area (Å²) in [5.41, 5.74) is 2.22. The normalized spacial score (nSPS) is 15.4. The van der Waals surface area contributed by atoms with Crippen molar-refractivity contribution < 1.29 is 4.79 Å². The number of amides is 1. The Bertz CT molecular complexity index is 410. The Morgan fingerprint density at radius 1 is 1.20 bits per heavy atom. The van der Waals surface area contributed by atoms with Gasteiger partial charge in [-0.25, -0.2) is 0 Å². The molecule has 1 aliphatic heterocycles. The minimum atomic E-state index is 0.0594. The van der Waals surface area contributed by atoms with Gasteiger partial charge in [0, 0.05) is 25.2 Å².